The number of piperidine rings is 1. The third-order valence-corrected chi connectivity index (χ3v) is 9.54. The fourth-order valence-electron chi connectivity index (χ4n) is 6.35. The quantitative estimate of drug-likeness (QED) is 0.302. The van der Waals surface area contributed by atoms with E-state index in [4.69, 9.17) is 4.65 Å². The van der Waals surface area contributed by atoms with Crippen molar-refractivity contribution in [2.24, 2.45) is 0 Å². The molecule has 2 heterocycles. The van der Waals surface area contributed by atoms with Crippen LogP contribution in [0.25, 0.3) is 0 Å². The SMILES string of the molecule is CC(C)(O[B]O)C(C)(C)c1ccc(C2CCCN2c2cc(F)c(N3CCC(c4ccccc4)CC3)c(F)c2)cc1. The third-order valence-electron chi connectivity index (χ3n) is 9.54. The smallest absolute Gasteiger partial charge is 0.429 e. The molecule has 1 N–H and O–H groups in total. The molecule has 0 amide bonds. The van der Waals surface area contributed by atoms with Crippen molar-refractivity contribution in [3.63, 3.8) is 0 Å². The van der Waals surface area contributed by atoms with Crippen LogP contribution in [0.15, 0.2) is 66.7 Å². The molecule has 0 bridgehead atoms. The zero-order valence-electron chi connectivity index (χ0n) is 24.0. The molecule has 0 saturated carbocycles. The van der Waals surface area contributed by atoms with Crippen molar-refractivity contribution in [2.45, 2.75) is 76.4 Å². The van der Waals surface area contributed by atoms with Gasteiger partial charge in [0.05, 0.1) is 11.6 Å². The van der Waals surface area contributed by atoms with E-state index in [0.29, 0.717) is 24.7 Å². The molecule has 0 aliphatic carbocycles. The number of benzene rings is 3. The fraction of sp³-hybridized carbons (Fsp3) is 0.455. The van der Waals surface area contributed by atoms with Crippen molar-refractivity contribution >= 4 is 19.1 Å². The monoisotopic (exact) mass is 545 g/mol. The predicted octanol–water partition coefficient (Wildman–Crippen LogP) is 7.29. The van der Waals surface area contributed by atoms with Gasteiger partial charge in [-0.2, -0.15) is 0 Å². The van der Waals surface area contributed by atoms with E-state index in [1.807, 2.05) is 36.9 Å². The highest BCUT2D eigenvalue weighted by Gasteiger charge is 2.39. The topological polar surface area (TPSA) is 35.9 Å². The van der Waals surface area contributed by atoms with Gasteiger partial charge in [-0.15, -0.1) is 0 Å². The van der Waals surface area contributed by atoms with Gasteiger partial charge in [-0.1, -0.05) is 68.4 Å². The number of rotatable bonds is 8. The van der Waals surface area contributed by atoms with E-state index in [9.17, 15) is 5.02 Å². The number of hydrogen-bond acceptors (Lipinski definition) is 4. The van der Waals surface area contributed by atoms with Crippen molar-refractivity contribution in [3.8, 4) is 0 Å². The van der Waals surface area contributed by atoms with E-state index in [2.05, 4.69) is 55.1 Å². The lowest BCUT2D eigenvalue weighted by Crippen LogP contribution is -2.45. The maximum atomic E-state index is 15.5. The molecule has 2 saturated heterocycles. The summed E-state index contributed by atoms with van der Waals surface area (Å²) in [7, 11) is 0.753. The average molecular weight is 546 g/mol. The second-order valence-electron chi connectivity index (χ2n) is 12.3. The lowest BCUT2D eigenvalue weighted by molar-refractivity contribution is 0.0257. The van der Waals surface area contributed by atoms with E-state index in [0.717, 1.165) is 51.0 Å². The molecule has 1 unspecified atom stereocenters. The number of halogens is 2. The van der Waals surface area contributed by atoms with E-state index < -0.39 is 17.2 Å². The summed E-state index contributed by atoms with van der Waals surface area (Å²) in [5.41, 5.74) is 3.23. The van der Waals surface area contributed by atoms with Gasteiger partial charge < -0.3 is 19.5 Å². The van der Waals surface area contributed by atoms with Gasteiger partial charge in [0.15, 0.2) is 11.6 Å². The van der Waals surface area contributed by atoms with Gasteiger partial charge in [0.2, 0.25) is 0 Å². The molecule has 0 spiro atoms. The van der Waals surface area contributed by atoms with Crippen LogP contribution in [0.1, 0.15) is 82.0 Å². The van der Waals surface area contributed by atoms with Gasteiger partial charge in [-0.25, -0.2) is 8.78 Å². The summed E-state index contributed by atoms with van der Waals surface area (Å²) >= 11 is 0. The summed E-state index contributed by atoms with van der Waals surface area (Å²) in [6.45, 7) is 10.1. The Bertz CT molecular complexity index is 1270. The van der Waals surface area contributed by atoms with Crippen LogP contribution >= 0.6 is 0 Å². The maximum Gasteiger partial charge on any atom is 0.485 e. The molecule has 0 aromatic heterocycles. The minimum atomic E-state index is -0.615. The molecule has 3 aromatic rings. The van der Waals surface area contributed by atoms with Gasteiger partial charge in [0.25, 0.3) is 0 Å². The van der Waals surface area contributed by atoms with Crippen LogP contribution in [-0.2, 0) is 10.1 Å². The number of anilines is 2. The van der Waals surface area contributed by atoms with E-state index in [-0.39, 0.29) is 17.1 Å². The molecule has 7 heteroatoms. The van der Waals surface area contributed by atoms with E-state index >= 15 is 8.78 Å². The molecule has 2 fully saturated rings. The summed E-state index contributed by atoms with van der Waals surface area (Å²) < 4.78 is 36.5. The molecule has 3 aromatic carbocycles. The first-order valence-corrected chi connectivity index (χ1v) is 14.4. The van der Waals surface area contributed by atoms with Gasteiger partial charge in [-0.3, -0.25) is 0 Å². The van der Waals surface area contributed by atoms with Crippen molar-refractivity contribution in [3.05, 3.63) is 95.1 Å². The Morgan fingerprint density at radius 2 is 1.45 bits per heavy atom. The molecule has 2 aliphatic heterocycles. The Kier molecular flexibility index (Phi) is 8.26. The molecule has 4 nitrogen and oxygen atoms in total. The lowest BCUT2D eigenvalue weighted by Gasteiger charge is -2.42. The zero-order chi connectivity index (χ0) is 28.5. The predicted molar refractivity (Wildman–Crippen MR) is 159 cm³/mol. The Hall–Kier alpha value is -2.90. The van der Waals surface area contributed by atoms with Crippen molar-refractivity contribution < 1.29 is 18.5 Å². The zero-order valence-corrected chi connectivity index (χ0v) is 24.0. The number of nitrogens with zero attached hydrogens (tertiary/aromatic N) is 2. The van der Waals surface area contributed by atoms with Crippen LogP contribution in [0.3, 0.4) is 0 Å². The van der Waals surface area contributed by atoms with Gasteiger partial charge in [0.1, 0.15) is 5.69 Å². The minimum Gasteiger partial charge on any atom is -0.429 e. The summed E-state index contributed by atoms with van der Waals surface area (Å²) in [5, 5.41) is 9.21. The van der Waals surface area contributed by atoms with Crippen LogP contribution in [0.2, 0.25) is 0 Å². The molecular weight excluding hydrogens is 505 g/mol. The molecular formula is C33H40BF2N2O2. The summed E-state index contributed by atoms with van der Waals surface area (Å²) in [5.74, 6) is -0.547. The molecule has 2 aliphatic rings. The van der Waals surface area contributed by atoms with Crippen LogP contribution in [0.4, 0.5) is 20.2 Å². The van der Waals surface area contributed by atoms with Crippen molar-refractivity contribution in [1.29, 1.82) is 0 Å². The first-order chi connectivity index (χ1) is 19.1. The Balaban J connectivity index is 1.31. The van der Waals surface area contributed by atoms with Crippen LogP contribution in [0, 0.1) is 11.6 Å². The first kappa shape index (κ1) is 28.6. The standard InChI is InChI=1S/C33H40BF2N2O2/c1-32(2,33(3,4)40-34-39)26-14-12-25(13-15-26)30-11-8-18-38(30)27-21-28(35)31(29(36)22-27)37-19-16-24(17-20-37)23-9-6-5-7-10-23/h5-7,9-10,12-15,21-22,24,30,39H,8,11,16-20H2,1-4H3. The number of hydrogen-bond donors (Lipinski definition) is 1. The highest BCUT2D eigenvalue weighted by Crippen LogP contribution is 2.42. The molecule has 40 heavy (non-hydrogen) atoms. The molecule has 1 atom stereocenters. The lowest BCUT2D eigenvalue weighted by atomic mass is 9.71. The van der Waals surface area contributed by atoms with Crippen LogP contribution in [-0.4, -0.2) is 37.9 Å². The Morgan fingerprint density at radius 1 is 0.825 bits per heavy atom. The van der Waals surface area contributed by atoms with Crippen LogP contribution < -0.4 is 9.80 Å². The Morgan fingerprint density at radius 3 is 2.05 bits per heavy atom. The second kappa shape index (κ2) is 11.5. The summed E-state index contributed by atoms with van der Waals surface area (Å²) in [4.78, 5) is 4.00. The average Bonchev–Trinajstić information content (AvgIpc) is 3.44. The van der Waals surface area contributed by atoms with Gasteiger partial charge >= 0.3 is 7.69 Å². The fourth-order valence-corrected chi connectivity index (χ4v) is 6.35. The van der Waals surface area contributed by atoms with Crippen molar-refractivity contribution in [1.82, 2.24) is 0 Å². The molecule has 1 radical (unpaired) electrons. The molecule has 211 valence electrons. The normalized spacial score (nSPS) is 18.8. The summed E-state index contributed by atoms with van der Waals surface area (Å²) in [6.07, 6.45) is 3.65. The minimum absolute atomic E-state index is 0.0541. The van der Waals surface area contributed by atoms with Crippen LogP contribution in [0.5, 0.6) is 0 Å². The highest BCUT2D eigenvalue weighted by molar-refractivity contribution is 6.16. The Labute approximate surface area is 238 Å². The first-order valence-electron chi connectivity index (χ1n) is 14.4. The third kappa shape index (κ3) is 5.51. The largest absolute Gasteiger partial charge is 0.485 e. The van der Waals surface area contributed by atoms with E-state index in [1.54, 1.807) is 0 Å². The second-order valence-corrected chi connectivity index (χ2v) is 12.3. The van der Waals surface area contributed by atoms with Gasteiger partial charge in [0, 0.05) is 30.7 Å². The van der Waals surface area contributed by atoms with Gasteiger partial charge in [-0.05, 0) is 74.3 Å². The maximum absolute atomic E-state index is 15.5. The highest BCUT2D eigenvalue weighted by atomic mass is 19.1. The van der Waals surface area contributed by atoms with Crippen molar-refractivity contribution in [2.75, 3.05) is 29.4 Å². The molecule has 5 rings (SSSR count). The van der Waals surface area contributed by atoms with E-state index in [1.165, 1.54) is 17.7 Å². The summed E-state index contributed by atoms with van der Waals surface area (Å²) in [6, 6.07) is 21.9.